The zero-order valence-electron chi connectivity index (χ0n) is 21.2. The number of nitrogens with one attached hydrogen (secondary N) is 2. The van der Waals surface area contributed by atoms with Gasteiger partial charge in [-0.05, 0) is 66.6 Å². The average Bonchev–Trinajstić information content (AvgIpc) is 3.37. The quantitative estimate of drug-likeness (QED) is 0.413. The zero-order chi connectivity index (χ0) is 26.7. The molecule has 8 nitrogen and oxygen atoms in total. The molecule has 0 aliphatic carbocycles. The van der Waals surface area contributed by atoms with Crippen LogP contribution in [0, 0.1) is 0 Å². The number of ether oxygens (including phenoxy) is 1. The second kappa shape index (κ2) is 11.3. The monoisotopic (exact) mass is 555 g/mol. The highest BCUT2D eigenvalue weighted by Gasteiger charge is 2.20. The number of sulfone groups is 1. The lowest BCUT2D eigenvalue weighted by Gasteiger charge is -2.30. The lowest BCUT2D eigenvalue weighted by Crippen LogP contribution is -2.77. The molecule has 3 aromatic carbocycles. The number of anilines is 2. The van der Waals surface area contributed by atoms with Gasteiger partial charge in [0.25, 0.3) is 0 Å². The summed E-state index contributed by atoms with van der Waals surface area (Å²) in [5, 5.41) is 8.47. The van der Waals surface area contributed by atoms with Gasteiger partial charge in [-0.3, -0.25) is 0 Å². The molecule has 1 saturated heterocycles. The summed E-state index contributed by atoms with van der Waals surface area (Å²) in [6.45, 7) is 6.67. The van der Waals surface area contributed by atoms with Gasteiger partial charge in [0.05, 0.1) is 29.9 Å². The van der Waals surface area contributed by atoms with Crippen LogP contribution in [0.4, 0.5) is 16.2 Å². The molecule has 200 valence electrons. The molecule has 2 aliphatic rings. The number of rotatable bonds is 7. The Balaban J connectivity index is 1.20. The molecular weight excluding hydrogens is 524 g/mol. The molecule has 10 heteroatoms. The third kappa shape index (κ3) is 6.13. The van der Waals surface area contributed by atoms with E-state index in [9.17, 15) is 13.2 Å². The number of fused-ring (bicyclic) bond motifs is 1. The fourth-order valence-electron chi connectivity index (χ4n) is 4.91. The molecule has 5 rings (SSSR count). The maximum Gasteiger partial charge on any atom is 0.319 e. The summed E-state index contributed by atoms with van der Waals surface area (Å²) in [5.41, 5.74) is 5.60. The minimum atomic E-state index is -3.51. The number of morpholine rings is 1. The van der Waals surface area contributed by atoms with E-state index in [1.54, 1.807) is 12.1 Å². The van der Waals surface area contributed by atoms with Gasteiger partial charge in [0, 0.05) is 40.6 Å². The summed E-state index contributed by atoms with van der Waals surface area (Å²) < 4.78 is 31.4. The summed E-state index contributed by atoms with van der Waals surface area (Å²) in [4.78, 5) is 15.1. The highest BCUT2D eigenvalue weighted by Crippen LogP contribution is 2.29. The third-order valence-corrected chi connectivity index (χ3v) is 9.05. The van der Waals surface area contributed by atoms with Gasteiger partial charge in [-0.2, -0.15) is 0 Å². The van der Waals surface area contributed by atoms with Crippen molar-refractivity contribution in [3.63, 3.8) is 0 Å². The smallest absolute Gasteiger partial charge is 0.319 e. The average molecular weight is 556 g/mol. The number of urea groups is 1. The van der Waals surface area contributed by atoms with Crippen molar-refractivity contribution in [2.24, 2.45) is 0 Å². The van der Waals surface area contributed by atoms with Gasteiger partial charge in [-0.15, -0.1) is 0 Å². The molecule has 0 spiro atoms. The maximum absolute atomic E-state index is 13.0. The first kappa shape index (κ1) is 26.5. The number of carbonyl (C=O) groups excluding carboxylic acids is 1. The number of hydrogen-bond donors (Lipinski definition) is 3. The second-order valence-corrected chi connectivity index (χ2v) is 12.1. The molecule has 1 fully saturated rings. The van der Waals surface area contributed by atoms with Crippen molar-refractivity contribution in [1.82, 2.24) is 5.32 Å². The molecule has 2 heterocycles. The molecule has 38 heavy (non-hydrogen) atoms. The van der Waals surface area contributed by atoms with E-state index in [-0.39, 0.29) is 16.7 Å². The zero-order valence-corrected chi connectivity index (χ0v) is 22.8. The molecular formula is C28H32ClN4O4S+. The standard InChI is InChI=1S/C28H31ClN4O4S/c1-19(26-15-24(6-9-27(26)29)33-10-12-37-13-11-33)31-28(34)32-23-4-7-25(8-5-23)38(35,36)18-20-2-3-21-16-30-17-22(21)14-20/h2-9,14-15,19,30H,10-13,16-18H2,1H3,(H2,31,32,34)/p+1. The van der Waals surface area contributed by atoms with Crippen LogP contribution in [0.5, 0.6) is 0 Å². The molecule has 1 atom stereocenters. The van der Waals surface area contributed by atoms with Gasteiger partial charge in [0.15, 0.2) is 9.84 Å². The molecule has 2 aliphatic heterocycles. The highest BCUT2D eigenvalue weighted by molar-refractivity contribution is 7.90. The van der Waals surface area contributed by atoms with Gasteiger partial charge in [-0.1, -0.05) is 23.7 Å². The van der Waals surface area contributed by atoms with Crippen LogP contribution in [0.3, 0.4) is 0 Å². The van der Waals surface area contributed by atoms with Crippen molar-refractivity contribution < 1.29 is 23.3 Å². The van der Waals surface area contributed by atoms with Crippen LogP contribution in [-0.4, -0.2) is 40.8 Å². The van der Waals surface area contributed by atoms with Crippen LogP contribution < -0.4 is 20.9 Å². The van der Waals surface area contributed by atoms with Gasteiger partial charge >= 0.3 is 6.03 Å². The Morgan fingerprint density at radius 1 is 1.03 bits per heavy atom. The summed E-state index contributed by atoms with van der Waals surface area (Å²) >= 11 is 6.45. The highest BCUT2D eigenvalue weighted by atomic mass is 35.5. The van der Waals surface area contributed by atoms with E-state index in [4.69, 9.17) is 16.3 Å². The van der Waals surface area contributed by atoms with Crippen molar-refractivity contribution in [3.8, 4) is 0 Å². The Hall–Kier alpha value is -3.11. The Kier molecular flexibility index (Phi) is 7.90. The number of quaternary nitrogens is 1. The predicted molar refractivity (Wildman–Crippen MR) is 148 cm³/mol. The fraction of sp³-hybridized carbons (Fsp3) is 0.321. The Labute approximate surface area is 228 Å². The van der Waals surface area contributed by atoms with Crippen LogP contribution in [0.2, 0.25) is 5.02 Å². The molecule has 1 unspecified atom stereocenters. The molecule has 0 aromatic heterocycles. The molecule has 2 amide bonds. The van der Waals surface area contributed by atoms with Crippen LogP contribution in [0.15, 0.2) is 65.6 Å². The number of nitrogens with two attached hydrogens (primary N) is 1. The third-order valence-electron chi connectivity index (χ3n) is 7.00. The summed E-state index contributed by atoms with van der Waals surface area (Å²) in [6.07, 6.45) is 0. The first-order chi connectivity index (χ1) is 18.3. The second-order valence-electron chi connectivity index (χ2n) is 9.71. The van der Waals surface area contributed by atoms with E-state index < -0.39 is 15.9 Å². The fourth-order valence-corrected chi connectivity index (χ4v) is 6.53. The molecule has 4 N–H and O–H groups in total. The van der Waals surface area contributed by atoms with Crippen molar-refractivity contribution >= 4 is 38.8 Å². The Morgan fingerprint density at radius 2 is 1.76 bits per heavy atom. The Bertz CT molecular complexity index is 1420. The lowest BCUT2D eigenvalue weighted by atomic mass is 10.1. The SMILES string of the molecule is CC(NC(=O)Nc1ccc(S(=O)(=O)Cc2ccc3c(c2)C[NH2+]C3)cc1)c1cc(N2CCOCC2)ccc1Cl. The molecule has 0 radical (unpaired) electrons. The maximum atomic E-state index is 13.0. The lowest BCUT2D eigenvalue weighted by molar-refractivity contribution is -0.676. The minimum Gasteiger partial charge on any atom is -0.378 e. The van der Waals surface area contributed by atoms with Gasteiger partial charge in [0.1, 0.15) is 13.1 Å². The summed E-state index contributed by atoms with van der Waals surface area (Å²) in [7, 11) is -3.51. The summed E-state index contributed by atoms with van der Waals surface area (Å²) in [5.74, 6) is -0.0602. The number of amides is 2. The number of carbonyl (C=O) groups is 1. The normalized spacial score (nSPS) is 16.1. The van der Waals surface area contributed by atoms with Crippen molar-refractivity contribution in [2.45, 2.75) is 36.7 Å². The van der Waals surface area contributed by atoms with Crippen LogP contribution in [0.25, 0.3) is 0 Å². The predicted octanol–water partition coefficient (Wildman–Crippen LogP) is 3.61. The van der Waals surface area contributed by atoms with E-state index in [1.807, 2.05) is 43.3 Å². The number of halogens is 1. The number of nitrogens with zero attached hydrogens (tertiary/aromatic N) is 1. The molecule has 3 aromatic rings. The molecule has 0 bridgehead atoms. The van der Waals surface area contributed by atoms with Crippen LogP contribution in [0.1, 0.15) is 35.2 Å². The van der Waals surface area contributed by atoms with Gasteiger partial charge in [0.2, 0.25) is 0 Å². The number of benzene rings is 3. The van der Waals surface area contributed by atoms with Crippen LogP contribution in [-0.2, 0) is 33.4 Å². The molecule has 0 saturated carbocycles. The van der Waals surface area contributed by atoms with E-state index in [1.165, 1.54) is 23.3 Å². The first-order valence-corrected chi connectivity index (χ1v) is 14.8. The Morgan fingerprint density at radius 3 is 2.53 bits per heavy atom. The van der Waals surface area contributed by atoms with Gasteiger partial charge in [-0.25, -0.2) is 13.2 Å². The number of hydrogen-bond acceptors (Lipinski definition) is 5. The van der Waals surface area contributed by atoms with Gasteiger partial charge < -0.3 is 25.6 Å². The van der Waals surface area contributed by atoms with Crippen molar-refractivity contribution in [2.75, 3.05) is 36.5 Å². The van der Waals surface area contributed by atoms with E-state index in [0.717, 1.165) is 43.0 Å². The minimum absolute atomic E-state index is 0.0602. The summed E-state index contributed by atoms with van der Waals surface area (Å²) in [6, 6.07) is 17.2. The van der Waals surface area contributed by atoms with E-state index in [0.29, 0.717) is 23.9 Å². The topological polar surface area (TPSA) is 104 Å². The van der Waals surface area contributed by atoms with E-state index in [2.05, 4.69) is 20.9 Å². The van der Waals surface area contributed by atoms with E-state index >= 15 is 0 Å². The van der Waals surface area contributed by atoms with Crippen LogP contribution >= 0.6 is 11.6 Å². The van der Waals surface area contributed by atoms with Crippen molar-refractivity contribution in [3.05, 3.63) is 87.9 Å². The largest absolute Gasteiger partial charge is 0.378 e. The first-order valence-electron chi connectivity index (χ1n) is 12.7. The van der Waals surface area contributed by atoms with Crippen molar-refractivity contribution in [1.29, 1.82) is 0 Å².